The third-order valence-electron chi connectivity index (χ3n) is 3.57. The highest BCUT2D eigenvalue weighted by atomic mass is 35.5. The molecule has 0 unspecified atom stereocenters. The minimum Gasteiger partial charge on any atom is -0.310 e. The molecule has 1 N–H and O–H groups in total. The van der Waals surface area contributed by atoms with Crippen molar-refractivity contribution in [2.24, 2.45) is 5.92 Å². The summed E-state index contributed by atoms with van der Waals surface area (Å²) in [6.45, 7) is 5.48. The first-order valence-electron chi connectivity index (χ1n) is 6.04. The van der Waals surface area contributed by atoms with Crippen molar-refractivity contribution in [3.63, 3.8) is 0 Å². The Balaban J connectivity index is 0.00000128. The lowest BCUT2D eigenvalue weighted by atomic mass is 9.80. The molecule has 2 rings (SSSR count). The molecule has 2 heteroatoms. The Bertz CT molecular complexity index is 320. The van der Waals surface area contributed by atoms with Crippen LogP contribution in [0.3, 0.4) is 0 Å². The summed E-state index contributed by atoms with van der Waals surface area (Å²) in [5.74, 6) is 0.926. The van der Waals surface area contributed by atoms with E-state index in [0.29, 0.717) is 6.04 Å². The molecule has 0 bridgehead atoms. The summed E-state index contributed by atoms with van der Waals surface area (Å²) < 4.78 is 0. The van der Waals surface area contributed by atoms with Crippen LogP contribution in [-0.4, -0.2) is 6.04 Å². The molecule has 1 aromatic rings. The van der Waals surface area contributed by atoms with Crippen LogP contribution in [0.1, 0.15) is 37.3 Å². The number of hydrogen-bond donors (Lipinski definition) is 1. The summed E-state index contributed by atoms with van der Waals surface area (Å²) >= 11 is 0. The Morgan fingerprint density at radius 1 is 1.38 bits per heavy atom. The molecule has 90 valence electrons. The Kier molecular flexibility index (Phi) is 5.30. The fourth-order valence-corrected chi connectivity index (χ4v) is 2.21. The topological polar surface area (TPSA) is 12.0 Å². The van der Waals surface area contributed by atoms with E-state index in [0.717, 1.165) is 12.5 Å². The molecule has 1 saturated carbocycles. The molecular formula is C14H22ClN. The van der Waals surface area contributed by atoms with E-state index in [1.165, 1.54) is 30.4 Å². The van der Waals surface area contributed by atoms with Crippen LogP contribution in [0.5, 0.6) is 0 Å². The Morgan fingerprint density at radius 3 is 2.69 bits per heavy atom. The normalized spacial score (nSPS) is 17.4. The van der Waals surface area contributed by atoms with Gasteiger partial charge in [0.1, 0.15) is 0 Å². The monoisotopic (exact) mass is 239 g/mol. The van der Waals surface area contributed by atoms with E-state index in [9.17, 15) is 0 Å². The van der Waals surface area contributed by atoms with Gasteiger partial charge in [-0.2, -0.15) is 0 Å². The van der Waals surface area contributed by atoms with Crippen LogP contribution in [-0.2, 0) is 6.54 Å². The van der Waals surface area contributed by atoms with Gasteiger partial charge in [-0.3, -0.25) is 0 Å². The van der Waals surface area contributed by atoms with Crippen LogP contribution in [0.4, 0.5) is 0 Å². The maximum Gasteiger partial charge on any atom is 0.0208 e. The van der Waals surface area contributed by atoms with Gasteiger partial charge >= 0.3 is 0 Å². The average molecular weight is 240 g/mol. The third-order valence-corrected chi connectivity index (χ3v) is 3.57. The van der Waals surface area contributed by atoms with Gasteiger partial charge in [0.25, 0.3) is 0 Å². The van der Waals surface area contributed by atoms with E-state index in [2.05, 4.69) is 43.4 Å². The van der Waals surface area contributed by atoms with Gasteiger partial charge in [-0.25, -0.2) is 0 Å². The molecule has 0 radical (unpaired) electrons. The van der Waals surface area contributed by atoms with E-state index in [4.69, 9.17) is 0 Å². The SMILES string of the molecule is Cc1cccc(CN[C@@H](C)C2CCC2)c1.Cl. The zero-order valence-corrected chi connectivity index (χ0v) is 11.0. The first kappa shape index (κ1) is 13.5. The van der Waals surface area contributed by atoms with Crippen LogP contribution in [0, 0.1) is 12.8 Å². The van der Waals surface area contributed by atoms with Crippen molar-refractivity contribution in [1.29, 1.82) is 0 Å². The van der Waals surface area contributed by atoms with Crippen molar-refractivity contribution in [3.05, 3.63) is 35.4 Å². The minimum absolute atomic E-state index is 0. The Labute approximate surface area is 105 Å². The molecule has 1 fully saturated rings. The molecule has 16 heavy (non-hydrogen) atoms. The molecule has 0 aromatic heterocycles. The number of nitrogens with one attached hydrogen (secondary N) is 1. The van der Waals surface area contributed by atoms with Gasteiger partial charge in [-0.05, 0) is 38.2 Å². The standard InChI is InChI=1S/C14H21N.ClH/c1-11-5-3-6-13(9-11)10-15-12(2)14-7-4-8-14;/h3,5-6,9,12,14-15H,4,7-8,10H2,1-2H3;1H/t12-;/m0./s1. The summed E-state index contributed by atoms with van der Waals surface area (Å²) in [5.41, 5.74) is 2.76. The zero-order valence-electron chi connectivity index (χ0n) is 10.2. The second kappa shape index (κ2) is 6.27. The summed E-state index contributed by atoms with van der Waals surface area (Å²) in [4.78, 5) is 0. The van der Waals surface area contributed by atoms with Gasteiger partial charge in [0.15, 0.2) is 0 Å². The molecular weight excluding hydrogens is 218 g/mol. The molecule has 1 atom stereocenters. The number of benzene rings is 1. The number of aryl methyl sites for hydroxylation is 1. The van der Waals surface area contributed by atoms with Gasteiger partial charge in [0, 0.05) is 12.6 Å². The molecule has 1 aliphatic carbocycles. The predicted octanol–water partition coefficient (Wildman–Crippen LogP) is 3.70. The average Bonchev–Trinajstić information content (AvgIpc) is 2.12. The lowest BCUT2D eigenvalue weighted by Crippen LogP contribution is -2.36. The van der Waals surface area contributed by atoms with E-state index in [-0.39, 0.29) is 12.4 Å². The fourth-order valence-electron chi connectivity index (χ4n) is 2.21. The summed E-state index contributed by atoms with van der Waals surface area (Å²) in [6.07, 6.45) is 4.27. The molecule has 0 spiro atoms. The quantitative estimate of drug-likeness (QED) is 0.845. The first-order valence-corrected chi connectivity index (χ1v) is 6.04. The number of halogens is 1. The second-order valence-electron chi connectivity index (χ2n) is 4.85. The zero-order chi connectivity index (χ0) is 10.7. The Morgan fingerprint density at radius 2 is 2.12 bits per heavy atom. The maximum atomic E-state index is 3.63. The highest BCUT2D eigenvalue weighted by Gasteiger charge is 2.23. The summed E-state index contributed by atoms with van der Waals surface area (Å²) in [7, 11) is 0. The second-order valence-corrected chi connectivity index (χ2v) is 4.85. The van der Waals surface area contributed by atoms with Crippen molar-refractivity contribution in [1.82, 2.24) is 5.32 Å². The molecule has 1 nitrogen and oxygen atoms in total. The van der Waals surface area contributed by atoms with Crippen molar-refractivity contribution in [2.45, 2.75) is 45.7 Å². The van der Waals surface area contributed by atoms with Gasteiger partial charge < -0.3 is 5.32 Å². The van der Waals surface area contributed by atoms with Crippen LogP contribution in [0.25, 0.3) is 0 Å². The van der Waals surface area contributed by atoms with Gasteiger partial charge in [-0.1, -0.05) is 36.2 Å². The highest BCUT2D eigenvalue weighted by Crippen LogP contribution is 2.29. The summed E-state index contributed by atoms with van der Waals surface area (Å²) in [6, 6.07) is 9.44. The van der Waals surface area contributed by atoms with Crippen molar-refractivity contribution >= 4 is 12.4 Å². The van der Waals surface area contributed by atoms with Gasteiger partial charge in [0.05, 0.1) is 0 Å². The van der Waals surface area contributed by atoms with E-state index in [1.54, 1.807) is 0 Å². The lowest BCUT2D eigenvalue weighted by Gasteiger charge is -2.32. The van der Waals surface area contributed by atoms with Gasteiger partial charge in [-0.15, -0.1) is 12.4 Å². The summed E-state index contributed by atoms with van der Waals surface area (Å²) in [5, 5.41) is 3.63. The van der Waals surface area contributed by atoms with Crippen molar-refractivity contribution in [3.8, 4) is 0 Å². The van der Waals surface area contributed by atoms with E-state index in [1.807, 2.05) is 0 Å². The number of rotatable bonds is 4. The third kappa shape index (κ3) is 3.50. The lowest BCUT2D eigenvalue weighted by molar-refractivity contribution is 0.240. The van der Waals surface area contributed by atoms with Crippen LogP contribution in [0.15, 0.2) is 24.3 Å². The maximum absolute atomic E-state index is 3.63. The molecule has 0 saturated heterocycles. The molecule has 0 aliphatic heterocycles. The number of hydrogen-bond acceptors (Lipinski definition) is 1. The minimum atomic E-state index is 0. The molecule has 1 aliphatic rings. The van der Waals surface area contributed by atoms with Crippen LogP contribution < -0.4 is 5.32 Å². The first-order chi connectivity index (χ1) is 7.25. The van der Waals surface area contributed by atoms with Gasteiger partial charge in [0.2, 0.25) is 0 Å². The van der Waals surface area contributed by atoms with Crippen molar-refractivity contribution < 1.29 is 0 Å². The van der Waals surface area contributed by atoms with Crippen molar-refractivity contribution in [2.75, 3.05) is 0 Å². The molecule has 0 amide bonds. The van der Waals surface area contributed by atoms with E-state index < -0.39 is 0 Å². The van der Waals surface area contributed by atoms with Crippen LogP contribution in [0.2, 0.25) is 0 Å². The Hall–Kier alpha value is -0.530. The molecule has 0 heterocycles. The predicted molar refractivity (Wildman–Crippen MR) is 72.1 cm³/mol. The smallest absolute Gasteiger partial charge is 0.0208 e. The van der Waals surface area contributed by atoms with E-state index >= 15 is 0 Å². The largest absolute Gasteiger partial charge is 0.310 e. The fraction of sp³-hybridized carbons (Fsp3) is 0.571. The highest BCUT2D eigenvalue weighted by molar-refractivity contribution is 5.85. The molecule has 1 aromatic carbocycles. The van der Waals surface area contributed by atoms with Crippen LogP contribution >= 0.6 is 12.4 Å².